The van der Waals surface area contributed by atoms with Crippen molar-refractivity contribution >= 4 is 40.3 Å². The summed E-state index contributed by atoms with van der Waals surface area (Å²) in [5.41, 5.74) is 0.216. The van der Waals surface area contributed by atoms with Gasteiger partial charge in [-0.2, -0.15) is 13.2 Å². The molecule has 0 bridgehead atoms. The number of H-pyrrole nitrogens is 1. The normalized spacial score (nSPS) is 19.7. The summed E-state index contributed by atoms with van der Waals surface area (Å²) in [5, 5.41) is 2.37. The van der Waals surface area contributed by atoms with E-state index in [4.69, 9.17) is 16.3 Å². The van der Waals surface area contributed by atoms with Crippen LogP contribution in [0.3, 0.4) is 0 Å². The molecule has 2 aromatic carbocycles. The van der Waals surface area contributed by atoms with Crippen molar-refractivity contribution in [2.75, 3.05) is 71.8 Å². The number of hydrogen-bond acceptors (Lipinski definition) is 7. The number of carbonyl (C=O) groups is 2. The zero-order chi connectivity index (χ0) is 34.9. The second kappa shape index (κ2) is 14.6. The molecule has 0 radical (unpaired) electrons. The summed E-state index contributed by atoms with van der Waals surface area (Å²) in [5.74, 6) is -0.437. The number of amides is 2. The van der Waals surface area contributed by atoms with Gasteiger partial charge in [0.2, 0.25) is 0 Å². The van der Waals surface area contributed by atoms with Crippen LogP contribution in [-0.2, 0) is 22.1 Å². The van der Waals surface area contributed by atoms with E-state index in [1.807, 2.05) is 24.3 Å². The van der Waals surface area contributed by atoms with E-state index in [0.29, 0.717) is 32.0 Å². The Morgan fingerprint density at radius 2 is 1.59 bits per heavy atom. The van der Waals surface area contributed by atoms with Crippen molar-refractivity contribution in [3.63, 3.8) is 0 Å². The number of para-hydroxylation sites is 2. The Kier molecular flexibility index (Phi) is 10.5. The van der Waals surface area contributed by atoms with Crippen molar-refractivity contribution in [1.29, 1.82) is 0 Å². The van der Waals surface area contributed by atoms with Crippen molar-refractivity contribution in [2.24, 2.45) is 0 Å². The van der Waals surface area contributed by atoms with Crippen LogP contribution in [0.5, 0.6) is 0 Å². The number of fused-ring (bicyclic) bond motifs is 1. The van der Waals surface area contributed by atoms with E-state index < -0.39 is 29.8 Å². The van der Waals surface area contributed by atoms with E-state index in [1.54, 1.807) is 9.47 Å². The first-order chi connectivity index (χ1) is 23.4. The quantitative estimate of drug-likeness (QED) is 0.368. The van der Waals surface area contributed by atoms with E-state index in [9.17, 15) is 27.6 Å². The van der Waals surface area contributed by atoms with E-state index in [2.05, 4.69) is 27.1 Å². The Balaban J connectivity index is 1.17. The first kappa shape index (κ1) is 35.1. The number of aromatic nitrogens is 2. The lowest BCUT2D eigenvalue weighted by Crippen LogP contribution is -2.54. The lowest BCUT2D eigenvalue weighted by Gasteiger charge is -2.42. The molecular formula is C34H43ClF3N7O4. The van der Waals surface area contributed by atoms with Crippen LogP contribution in [0.2, 0.25) is 5.02 Å². The average Bonchev–Trinajstić information content (AvgIpc) is 3.43. The van der Waals surface area contributed by atoms with E-state index in [-0.39, 0.29) is 47.5 Å². The first-order valence-corrected chi connectivity index (χ1v) is 17.2. The molecule has 3 fully saturated rings. The van der Waals surface area contributed by atoms with E-state index >= 15 is 0 Å². The van der Waals surface area contributed by atoms with Crippen molar-refractivity contribution in [1.82, 2.24) is 29.2 Å². The second-order valence-corrected chi connectivity index (χ2v) is 13.7. The Hall–Kier alpha value is -3.75. The number of anilines is 1. The largest absolute Gasteiger partial charge is 0.436 e. The molecule has 11 nitrogen and oxygen atoms in total. The van der Waals surface area contributed by atoms with Gasteiger partial charge in [-0.3, -0.25) is 14.3 Å². The zero-order valence-electron chi connectivity index (χ0n) is 27.8. The fraction of sp³-hybridized carbons (Fsp3) is 0.559. The molecule has 0 saturated carbocycles. The third kappa shape index (κ3) is 7.71. The monoisotopic (exact) mass is 705 g/mol. The van der Waals surface area contributed by atoms with Crippen LogP contribution < -0.4 is 11.0 Å². The highest BCUT2D eigenvalue weighted by Crippen LogP contribution is 2.40. The molecule has 0 spiro atoms. The highest BCUT2D eigenvalue weighted by Gasteiger charge is 2.38. The molecule has 1 atom stereocenters. The van der Waals surface area contributed by atoms with Crippen LogP contribution in [0, 0.1) is 0 Å². The molecule has 266 valence electrons. The van der Waals surface area contributed by atoms with Crippen molar-refractivity contribution in [3.05, 3.63) is 63.0 Å². The number of nitrogens with one attached hydrogen (secondary N) is 2. The standard InChI is InChI=1S/C34H43ClF3N7O4/c1-39-30-25(34(36,37)38)19-22(20-26(30)35)21-29(31(46)43-11-7-23(8-12-43)42-17-15-41(2)16-18-42)49-33(48)44-13-9-24(10-14-44)45-28-6-4-3-5-27(28)40-32(45)47/h3-6,19-20,23-24,29,39H,7-18,21H2,1-2H3,(H,40,47)/t29-/m1/s1. The Morgan fingerprint density at radius 1 is 0.959 bits per heavy atom. The number of piperazine rings is 1. The molecule has 6 rings (SSSR count). The number of benzene rings is 2. The zero-order valence-corrected chi connectivity index (χ0v) is 28.5. The number of likely N-dealkylation sites (N-methyl/N-ethyl adjacent to an activating group) is 1. The molecular weight excluding hydrogens is 663 g/mol. The number of piperidine rings is 2. The fourth-order valence-electron chi connectivity index (χ4n) is 7.43. The van der Waals surface area contributed by atoms with Gasteiger partial charge in [0.15, 0.2) is 6.10 Å². The maximum atomic E-state index is 14.0. The summed E-state index contributed by atoms with van der Waals surface area (Å²) in [6, 6.07) is 9.95. The van der Waals surface area contributed by atoms with Crippen LogP contribution >= 0.6 is 11.6 Å². The molecule has 4 heterocycles. The van der Waals surface area contributed by atoms with Crippen LogP contribution in [0.4, 0.5) is 23.7 Å². The van der Waals surface area contributed by atoms with Crippen molar-refractivity contribution < 1.29 is 27.5 Å². The summed E-state index contributed by atoms with van der Waals surface area (Å²) in [6.45, 7) is 5.40. The Labute approximate surface area is 287 Å². The molecule has 1 aromatic heterocycles. The topological polar surface area (TPSA) is 106 Å². The van der Waals surface area contributed by atoms with Gasteiger partial charge >= 0.3 is 18.0 Å². The van der Waals surface area contributed by atoms with Gasteiger partial charge in [0.1, 0.15) is 0 Å². The summed E-state index contributed by atoms with van der Waals surface area (Å²) in [7, 11) is 3.46. The molecule has 49 heavy (non-hydrogen) atoms. The SMILES string of the molecule is CNc1c(Cl)cc(C[C@@H](OC(=O)N2CCC(n3c(=O)[nH]c4ccccc43)CC2)C(=O)N2CCC(N3CCN(C)CC3)CC2)cc1C(F)(F)F. The minimum atomic E-state index is -4.70. The first-order valence-electron chi connectivity index (χ1n) is 16.9. The van der Waals surface area contributed by atoms with Gasteiger partial charge in [0.05, 0.1) is 27.3 Å². The Bertz CT molecular complexity index is 1710. The lowest BCUT2D eigenvalue weighted by molar-refractivity contribution is -0.142. The highest BCUT2D eigenvalue weighted by atomic mass is 35.5. The third-order valence-electron chi connectivity index (χ3n) is 10.2. The third-order valence-corrected chi connectivity index (χ3v) is 10.5. The molecule has 0 aliphatic carbocycles. The van der Waals surface area contributed by atoms with Gasteiger partial charge in [-0.15, -0.1) is 0 Å². The highest BCUT2D eigenvalue weighted by molar-refractivity contribution is 6.33. The van der Waals surface area contributed by atoms with Crippen LogP contribution in [0.25, 0.3) is 11.0 Å². The van der Waals surface area contributed by atoms with Crippen LogP contribution in [0.15, 0.2) is 41.2 Å². The number of alkyl halides is 3. The molecule has 3 aromatic rings. The fourth-order valence-corrected chi connectivity index (χ4v) is 7.77. The number of ether oxygens (including phenoxy) is 1. The number of imidazole rings is 1. The van der Waals surface area contributed by atoms with E-state index in [1.165, 1.54) is 18.0 Å². The summed E-state index contributed by atoms with van der Waals surface area (Å²) in [6.07, 6.45) is -4.52. The van der Waals surface area contributed by atoms with Gasteiger partial charge in [0, 0.05) is 77.9 Å². The smallest absolute Gasteiger partial charge is 0.418 e. The number of rotatable bonds is 7. The van der Waals surface area contributed by atoms with Gasteiger partial charge < -0.3 is 29.7 Å². The van der Waals surface area contributed by atoms with Crippen molar-refractivity contribution in [2.45, 2.75) is 56.5 Å². The molecule has 3 saturated heterocycles. The van der Waals surface area contributed by atoms with Crippen LogP contribution in [-0.4, -0.2) is 120 Å². The number of hydrogen-bond donors (Lipinski definition) is 2. The number of halogens is 4. The predicted molar refractivity (Wildman–Crippen MR) is 181 cm³/mol. The maximum Gasteiger partial charge on any atom is 0.418 e. The van der Waals surface area contributed by atoms with E-state index in [0.717, 1.165) is 56.1 Å². The molecule has 15 heteroatoms. The number of nitrogens with zero attached hydrogens (tertiary/aromatic N) is 5. The minimum absolute atomic E-state index is 0.132. The molecule has 2 N–H and O–H groups in total. The number of aromatic amines is 1. The summed E-state index contributed by atoms with van der Waals surface area (Å²) in [4.78, 5) is 51.1. The van der Waals surface area contributed by atoms with Gasteiger partial charge in [-0.1, -0.05) is 23.7 Å². The van der Waals surface area contributed by atoms with Gasteiger partial charge in [-0.25, -0.2) is 9.59 Å². The molecule has 0 unspecified atom stereocenters. The molecule has 3 aliphatic rings. The predicted octanol–water partition coefficient (Wildman–Crippen LogP) is 4.67. The minimum Gasteiger partial charge on any atom is -0.436 e. The average molecular weight is 706 g/mol. The summed E-state index contributed by atoms with van der Waals surface area (Å²) < 4.78 is 49.6. The van der Waals surface area contributed by atoms with Gasteiger partial charge in [0.25, 0.3) is 5.91 Å². The molecule has 3 aliphatic heterocycles. The number of carbonyl (C=O) groups excluding carboxylic acids is 2. The lowest BCUT2D eigenvalue weighted by atomic mass is 9.99. The summed E-state index contributed by atoms with van der Waals surface area (Å²) >= 11 is 6.27. The van der Waals surface area contributed by atoms with Crippen molar-refractivity contribution in [3.8, 4) is 0 Å². The molecule has 2 amide bonds. The number of likely N-dealkylation sites (tertiary alicyclic amines) is 2. The maximum absolute atomic E-state index is 14.0. The van der Waals surface area contributed by atoms with Crippen LogP contribution in [0.1, 0.15) is 42.9 Å². The van der Waals surface area contributed by atoms with Gasteiger partial charge in [-0.05, 0) is 62.6 Å². The second-order valence-electron chi connectivity index (χ2n) is 13.3. The Morgan fingerprint density at radius 3 is 2.24 bits per heavy atom.